The molecular weight excluding hydrogens is 235 g/mol. The molecule has 0 aliphatic rings. The van der Waals surface area contributed by atoms with Gasteiger partial charge in [-0.25, -0.2) is 4.98 Å². The Balaban J connectivity index is 2.49. The Labute approximate surface area is 96.4 Å². The van der Waals surface area contributed by atoms with Gasteiger partial charge in [-0.2, -0.15) is 5.10 Å². The molecule has 2 rings (SSSR count). The summed E-state index contributed by atoms with van der Waals surface area (Å²) in [5.41, 5.74) is 6.11. The molecule has 1 heterocycles. The zero-order valence-electron chi connectivity index (χ0n) is 7.67. The summed E-state index contributed by atoms with van der Waals surface area (Å²) in [5, 5.41) is 7.64. The number of hydrogen-bond donors (Lipinski definition) is 2. The molecule has 0 saturated carbocycles. The molecule has 0 saturated heterocycles. The minimum atomic E-state index is 0.311. The summed E-state index contributed by atoms with van der Waals surface area (Å²) in [6.45, 7) is 0.311. The van der Waals surface area contributed by atoms with Crippen molar-refractivity contribution in [3.8, 4) is 11.4 Å². The highest BCUT2D eigenvalue weighted by atomic mass is 35.5. The summed E-state index contributed by atoms with van der Waals surface area (Å²) in [7, 11) is 0. The molecule has 4 nitrogen and oxygen atoms in total. The van der Waals surface area contributed by atoms with E-state index in [-0.39, 0.29) is 0 Å². The predicted octanol–water partition coefficient (Wildman–Crippen LogP) is 2.24. The quantitative estimate of drug-likeness (QED) is 0.849. The molecule has 0 fully saturated rings. The van der Waals surface area contributed by atoms with Crippen molar-refractivity contribution in [3.63, 3.8) is 0 Å². The van der Waals surface area contributed by atoms with Gasteiger partial charge in [0.05, 0.1) is 16.6 Å². The molecule has 15 heavy (non-hydrogen) atoms. The Kier molecular flexibility index (Phi) is 2.90. The highest BCUT2D eigenvalue weighted by Crippen LogP contribution is 2.31. The van der Waals surface area contributed by atoms with E-state index < -0.39 is 0 Å². The average Bonchev–Trinajstić information content (AvgIpc) is 2.70. The average molecular weight is 243 g/mol. The minimum Gasteiger partial charge on any atom is -0.324 e. The van der Waals surface area contributed by atoms with Crippen molar-refractivity contribution in [1.29, 1.82) is 0 Å². The van der Waals surface area contributed by atoms with Gasteiger partial charge in [-0.1, -0.05) is 29.3 Å². The van der Waals surface area contributed by atoms with Crippen LogP contribution in [0.3, 0.4) is 0 Å². The zero-order valence-corrected chi connectivity index (χ0v) is 9.18. The van der Waals surface area contributed by atoms with E-state index >= 15 is 0 Å². The summed E-state index contributed by atoms with van der Waals surface area (Å²) in [5.74, 6) is 1.11. The van der Waals surface area contributed by atoms with Crippen LogP contribution in [0.1, 0.15) is 5.82 Å². The highest BCUT2D eigenvalue weighted by Gasteiger charge is 2.10. The Morgan fingerprint density at radius 1 is 1.33 bits per heavy atom. The fraction of sp³-hybridized carbons (Fsp3) is 0.111. The number of aromatic nitrogens is 3. The van der Waals surface area contributed by atoms with Crippen LogP contribution in [0, 0.1) is 0 Å². The van der Waals surface area contributed by atoms with E-state index in [1.807, 2.05) is 0 Å². The lowest BCUT2D eigenvalue weighted by Crippen LogP contribution is -1.97. The van der Waals surface area contributed by atoms with Gasteiger partial charge in [0, 0.05) is 5.56 Å². The van der Waals surface area contributed by atoms with Crippen LogP contribution < -0.4 is 5.73 Å². The summed E-state index contributed by atoms with van der Waals surface area (Å²) >= 11 is 11.9. The Bertz CT molecular complexity index is 481. The molecule has 0 atom stereocenters. The SMILES string of the molecule is NCc1nc(-c2cccc(Cl)c2Cl)n[nH]1. The van der Waals surface area contributed by atoms with Crippen molar-refractivity contribution in [3.05, 3.63) is 34.1 Å². The van der Waals surface area contributed by atoms with Gasteiger partial charge in [0.25, 0.3) is 0 Å². The summed E-state index contributed by atoms with van der Waals surface area (Å²) in [6.07, 6.45) is 0. The van der Waals surface area contributed by atoms with Gasteiger partial charge in [0.1, 0.15) is 5.82 Å². The normalized spacial score (nSPS) is 10.6. The second-order valence-corrected chi connectivity index (χ2v) is 3.70. The van der Waals surface area contributed by atoms with Gasteiger partial charge in [0.2, 0.25) is 0 Å². The van der Waals surface area contributed by atoms with Crippen LogP contribution >= 0.6 is 23.2 Å². The fourth-order valence-corrected chi connectivity index (χ4v) is 1.57. The molecule has 0 radical (unpaired) electrons. The lowest BCUT2D eigenvalue weighted by molar-refractivity contribution is 0.917. The number of benzene rings is 1. The number of H-pyrrole nitrogens is 1. The molecule has 2 aromatic rings. The van der Waals surface area contributed by atoms with E-state index in [1.54, 1.807) is 18.2 Å². The molecule has 3 N–H and O–H groups in total. The number of halogens is 2. The van der Waals surface area contributed by atoms with Gasteiger partial charge in [-0.05, 0) is 12.1 Å². The first-order valence-electron chi connectivity index (χ1n) is 4.28. The van der Waals surface area contributed by atoms with Crippen LogP contribution in [0.5, 0.6) is 0 Å². The van der Waals surface area contributed by atoms with Crippen LogP contribution in [0.25, 0.3) is 11.4 Å². The summed E-state index contributed by atoms with van der Waals surface area (Å²) in [6, 6.07) is 5.31. The minimum absolute atomic E-state index is 0.311. The van der Waals surface area contributed by atoms with Crippen molar-refractivity contribution < 1.29 is 0 Å². The molecule has 78 valence electrons. The first kappa shape index (κ1) is 10.4. The third-order valence-corrected chi connectivity index (χ3v) is 2.74. The van der Waals surface area contributed by atoms with Crippen molar-refractivity contribution in [2.45, 2.75) is 6.54 Å². The lowest BCUT2D eigenvalue weighted by Gasteiger charge is -2.00. The van der Waals surface area contributed by atoms with Crippen molar-refractivity contribution >= 4 is 23.2 Å². The van der Waals surface area contributed by atoms with E-state index in [1.165, 1.54) is 0 Å². The molecule has 1 aromatic heterocycles. The summed E-state index contributed by atoms with van der Waals surface area (Å²) in [4.78, 5) is 4.17. The van der Waals surface area contributed by atoms with E-state index in [9.17, 15) is 0 Å². The first-order chi connectivity index (χ1) is 7.22. The monoisotopic (exact) mass is 242 g/mol. The number of rotatable bonds is 2. The molecule has 0 bridgehead atoms. The number of nitrogens with zero attached hydrogens (tertiary/aromatic N) is 2. The molecule has 0 aliphatic carbocycles. The predicted molar refractivity (Wildman–Crippen MR) is 59.7 cm³/mol. The highest BCUT2D eigenvalue weighted by molar-refractivity contribution is 6.43. The third kappa shape index (κ3) is 1.97. The van der Waals surface area contributed by atoms with Crippen LogP contribution in [0.2, 0.25) is 10.0 Å². The van der Waals surface area contributed by atoms with Gasteiger partial charge < -0.3 is 5.73 Å². The van der Waals surface area contributed by atoms with Crippen molar-refractivity contribution in [1.82, 2.24) is 15.2 Å². The first-order valence-corrected chi connectivity index (χ1v) is 5.03. The van der Waals surface area contributed by atoms with Gasteiger partial charge in [-0.3, -0.25) is 5.10 Å². The zero-order chi connectivity index (χ0) is 10.8. The number of nitrogens with two attached hydrogens (primary N) is 1. The van der Waals surface area contributed by atoms with Gasteiger partial charge in [0.15, 0.2) is 5.82 Å². The van der Waals surface area contributed by atoms with Crippen molar-refractivity contribution in [2.24, 2.45) is 5.73 Å². The van der Waals surface area contributed by atoms with Crippen molar-refractivity contribution in [2.75, 3.05) is 0 Å². The molecule has 0 unspecified atom stereocenters. The standard InChI is InChI=1S/C9H8Cl2N4/c10-6-3-1-2-5(8(6)11)9-13-7(4-12)14-15-9/h1-3H,4,12H2,(H,13,14,15). The van der Waals surface area contributed by atoms with E-state index in [4.69, 9.17) is 28.9 Å². The second-order valence-electron chi connectivity index (χ2n) is 2.91. The maximum atomic E-state index is 6.02. The maximum absolute atomic E-state index is 6.02. The molecule has 0 amide bonds. The van der Waals surface area contributed by atoms with Gasteiger partial charge in [-0.15, -0.1) is 0 Å². The Hall–Kier alpha value is -1.10. The van der Waals surface area contributed by atoms with Crippen LogP contribution in [0.15, 0.2) is 18.2 Å². The largest absolute Gasteiger partial charge is 0.324 e. The Morgan fingerprint density at radius 2 is 2.13 bits per heavy atom. The van der Waals surface area contributed by atoms with Gasteiger partial charge >= 0.3 is 0 Å². The fourth-order valence-electron chi connectivity index (χ4n) is 1.18. The summed E-state index contributed by atoms with van der Waals surface area (Å²) < 4.78 is 0. The smallest absolute Gasteiger partial charge is 0.182 e. The maximum Gasteiger partial charge on any atom is 0.182 e. The second kappa shape index (κ2) is 4.18. The van der Waals surface area contributed by atoms with Crippen LogP contribution in [-0.4, -0.2) is 15.2 Å². The van der Waals surface area contributed by atoms with Crippen LogP contribution in [-0.2, 0) is 6.54 Å². The number of hydrogen-bond acceptors (Lipinski definition) is 3. The molecule has 0 aliphatic heterocycles. The molecular formula is C9H8Cl2N4. The van der Waals surface area contributed by atoms with E-state index in [2.05, 4.69) is 15.2 Å². The number of aromatic amines is 1. The lowest BCUT2D eigenvalue weighted by atomic mass is 10.2. The molecule has 0 spiro atoms. The van der Waals surface area contributed by atoms with Crippen LogP contribution in [0.4, 0.5) is 0 Å². The third-order valence-electron chi connectivity index (χ3n) is 1.92. The molecule has 1 aromatic carbocycles. The number of nitrogens with one attached hydrogen (secondary N) is 1. The molecule has 6 heteroatoms. The topological polar surface area (TPSA) is 67.6 Å². The van der Waals surface area contributed by atoms with E-state index in [0.717, 1.165) is 0 Å². The Morgan fingerprint density at radius 3 is 2.80 bits per heavy atom. The van der Waals surface area contributed by atoms with E-state index in [0.29, 0.717) is 33.8 Å².